The van der Waals surface area contributed by atoms with Gasteiger partial charge in [-0.25, -0.2) is 0 Å². The summed E-state index contributed by atoms with van der Waals surface area (Å²) in [6.45, 7) is 1.95. The molecule has 2 aromatic carbocycles. The molecule has 5 aromatic heterocycles. The van der Waals surface area contributed by atoms with Gasteiger partial charge in [-0.2, -0.15) is 0 Å². The Balaban J connectivity index is 1.38. The number of nitrogens with zero attached hydrogens (tertiary/aromatic N) is 6. The predicted octanol–water partition coefficient (Wildman–Crippen LogP) is 11.5. The minimum atomic E-state index is -0.557. The second-order valence-corrected chi connectivity index (χ2v) is 13.2. The highest BCUT2D eigenvalue weighted by molar-refractivity contribution is 5.95. The van der Waals surface area contributed by atoms with E-state index >= 15 is 0 Å². The van der Waals surface area contributed by atoms with Crippen molar-refractivity contribution in [1.82, 2.24) is 24.9 Å². The van der Waals surface area contributed by atoms with Gasteiger partial charge in [0.25, 0.3) is 0 Å². The zero-order valence-corrected chi connectivity index (χ0v) is 32.2. The molecule has 0 saturated carbocycles. The van der Waals surface area contributed by atoms with Crippen LogP contribution in [0.15, 0.2) is 182 Å². The first-order valence-corrected chi connectivity index (χ1v) is 19.0. The Labute approximate surface area is 340 Å². The predicted molar refractivity (Wildman–Crippen MR) is 238 cm³/mol. The van der Waals surface area contributed by atoms with Crippen molar-refractivity contribution in [2.45, 2.75) is 25.8 Å². The highest BCUT2D eigenvalue weighted by Crippen LogP contribution is 2.42. The largest absolute Gasteiger partial charge is 0.272 e. The van der Waals surface area contributed by atoms with Crippen LogP contribution in [0, 0.1) is 24.7 Å². The normalized spacial score (nSPS) is 12.2. The minimum absolute atomic E-state index is 0.445. The molecule has 0 bridgehead atoms. The molecule has 7 aromatic rings. The number of aromatic nitrogens is 5. The zero-order valence-electron chi connectivity index (χ0n) is 32.2. The van der Waals surface area contributed by atoms with Crippen molar-refractivity contribution in [3.8, 4) is 81.0 Å². The number of aliphatic imine (C=N–C) groups is 1. The molecule has 0 aliphatic rings. The van der Waals surface area contributed by atoms with Gasteiger partial charge in [-0.3, -0.25) is 29.9 Å². The smallest absolute Gasteiger partial charge is 0.136 e. The molecule has 7 rings (SSSR count). The second kappa shape index (κ2) is 19.2. The minimum Gasteiger partial charge on any atom is -0.272 e. The fraction of sp³-hybridized carbons (Fsp3) is 0.0769. The Hall–Kier alpha value is -7.80. The van der Waals surface area contributed by atoms with Gasteiger partial charge in [0.15, 0.2) is 0 Å². The fourth-order valence-electron chi connectivity index (χ4n) is 6.83. The summed E-state index contributed by atoms with van der Waals surface area (Å²) >= 11 is 0. The summed E-state index contributed by atoms with van der Waals surface area (Å²) in [6, 6.07) is 37.7. The molecule has 0 aliphatic carbocycles. The van der Waals surface area contributed by atoms with E-state index in [4.69, 9.17) is 42.8 Å². The van der Waals surface area contributed by atoms with Crippen molar-refractivity contribution in [1.29, 1.82) is 0 Å². The lowest BCUT2D eigenvalue weighted by molar-refractivity contribution is 0.950. The Kier molecular flexibility index (Phi) is 12.7. The van der Waals surface area contributed by atoms with Gasteiger partial charge in [0.2, 0.25) is 0 Å². The van der Waals surface area contributed by atoms with Gasteiger partial charge in [-0.15, -0.1) is 18.8 Å². The lowest BCUT2D eigenvalue weighted by Crippen LogP contribution is -2.03. The van der Waals surface area contributed by atoms with Crippen molar-refractivity contribution >= 4 is 11.8 Å². The molecular weight excluding hydrogens is 709 g/mol. The summed E-state index contributed by atoms with van der Waals surface area (Å²) in [4.78, 5) is 28.7. The molecule has 0 spiro atoms. The van der Waals surface area contributed by atoms with Crippen LogP contribution in [0.25, 0.3) is 61.9 Å². The monoisotopic (exact) mass is 748 g/mol. The van der Waals surface area contributed by atoms with E-state index < -0.39 is 6.04 Å². The van der Waals surface area contributed by atoms with Crippen LogP contribution in [0.1, 0.15) is 36.1 Å². The molecule has 6 nitrogen and oxygen atoms in total. The Bertz CT molecular complexity index is 2610. The van der Waals surface area contributed by atoms with Gasteiger partial charge in [-0.1, -0.05) is 66.6 Å². The van der Waals surface area contributed by atoms with Crippen molar-refractivity contribution in [2.75, 3.05) is 0 Å². The zero-order chi connectivity index (χ0) is 39.9. The van der Waals surface area contributed by atoms with Gasteiger partial charge in [0, 0.05) is 71.4 Å². The molecule has 0 amide bonds. The van der Waals surface area contributed by atoms with Crippen LogP contribution in [-0.2, 0) is 6.42 Å². The molecule has 278 valence electrons. The van der Waals surface area contributed by atoms with Crippen LogP contribution in [0.4, 0.5) is 0 Å². The number of rotatable bonds is 13. The van der Waals surface area contributed by atoms with Crippen LogP contribution < -0.4 is 0 Å². The van der Waals surface area contributed by atoms with E-state index in [1.807, 2.05) is 129 Å². The SMILES string of the molecule is C#CC/C=C(\C=C/Cc1cc(-c2ccccn2)c(-c2ccccn2)c(C(C#C)N=C/C=C\C)c1)c1cc(-c2ccccn2)c(-c2ccccn2)c(-c2ccccn2)c1. The van der Waals surface area contributed by atoms with Crippen LogP contribution >= 0.6 is 0 Å². The van der Waals surface area contributed by atoms with E-state index in [0.717, 1.165) is 78.6 Å². The quantitative estimate of drug-likeness (QED) is 0.0667. The van der Waals surface area contributed by atoms with E-state index in [-0.39, 0.29) is 0 Å². The average Bonchev–Trinajstić information content (AvgIpc) is 3.29. The maximum absolute atomic E-state index is 6.21. The van der Waals surface area contributed by atoms with E-state index in [9.17, 15) is 0 Å². The number of allylic oxidation sites excluding steroid dienone is 6. The van der Waals surface area contributed by atoms with Crippen molar-refractivity contribution < 1.29 is 0 Å². The first-order valence-electron chi connectivity index (χ1n) is 19.0. The van der Waals surface area contributed by atoms with Crippen LogP contribution in [0.3, 0.4) is 0 Å². The van der Waals surface area contributed by atoms with E-state index in [1.165, 1.54) is 0 Å². The van der Waals surface area contributed by atoms with E-state index in [1.54, 1.807) is 18.6 Å². The highest BCUT2D eigenvalue weighted by Gasteiger charge is 2.22. The average molecular weight is 749 g/mol. The summed E-state index contributed by atoms with van der Waals surface area (Å²) in [5.74, 6) is 5.73. The van der Waals surface area contributed by atoms with Crippen molar-refractivity contribution in [3.63, 3.8) is 0 Å². The van der Waals surface area contributed by atoms with Gasteiger partial charge >= 0.3 is 0 Å². The maximum atomic E-state index is 6.21. The molecule has 1 atom stereocenters. The Morgan fingerprint density at radius 1 is 0.638 bits per heavy atom. The number of benzene rings is 2. The first-order chi connectivity index (χ1) is 28.7. The number of hydrogen-bond acceptors (Lipinski definition) is 6. The van der Waals surface area contributed by atoms with Crippen molar-refractivity contribution in [3.05, 3.63) is 193 Å². The molecule has 58 heavy (non-hydrogen) atoms. The van der Waals surface area contributed by atoms with Crippen LogP contribution in [0.2, 0.25) is 0 Å². The number of terminal acetylenes is 2. The number of pyridine rings is 5. The molecule has 6 heteroatoms. The Morgan fingerprint density at radius 3 is 1.60 bits per heavy atom. The highest BCUT2D eigenvalue weighted by atomic mass is 14.8. The van der Waals surface area contributed by atoms with E-state index in [0.29, 0.717) is 12.8 Å². The third kappa shape index (κ3) is 9.01. The Morgan fingerprint density at radius 2 is 1.14 bits per heavy atom. The first kappa shape index (κ1) is 38.5. The summed E-state index contributed by atoms with van der Waals surface area (Å²) < 4.78 is 0. The molecule has 0 radical (unpaired) electrons. The molecule has 5 heterocycles. The van der Waals surface area contributed by atoms with Crippen molar-refractivity contribution in [2.24, 2.45) is 4.99 Å². The molecule has 0 aliphatic heterocycles. The number of hydrogen-bond donors (Lipinski definition) is 0. The lowest BCUT2D eigenvalue weighted by Gasteiger charge is -2.19. The molecular formula is C52H40N6. The van der Waals surface area contributed by atoms with Crippen LogP contribution in [0.5, 0.6) is 0 Å². The molecule has 1 unspecified atom stereocenters. The maximum Gasteiger partial charge on any atom is 0.136 e. The lowest BCUT2D eigenvalue weighted by atomic mass is 9.88. The third-order valence-electron chi connectivity index (χ3n) is 9.42. The molecule has 0 fully saturated rings. The molecule has 0 saturated heterocycles. The summed E-state index contributed by atoms with van der Waals surface area (Å²) in [5.41, 5.74) is 12.6. The summed E-state index contributed by atoms with van der Waals surface area (Å²) in [7, 11) is 0. The van der Waals surface area contributed by atoms with Crippen LogP contribution in [-0.4, -0.2) is 31.1 Å². The standard InChI is InChI=1S/C52H40N6/c1-4-7-21-39(40-36-43(47-24-10-15-30-55-47)52(50-27-13-18-33-58-50)44(37-40)48-25-11-16-31-56-48)22-19-20-38-34-41(45(6-3)53-28-8-5-2)51(49-26-12-17-32-57-49)42(35-38)46-23-9-14-29-54-46/h1,3,5,8-19,21-37,45H,7,20H2,2H3/b8-5-,22-19-,39-21+,53-28?. The fourth-order valence-corrected chi connectivity index (χ4v) is 6.83. The van der Waals surface area contributed by atoms with Gasteiger partial charge in [0.1, 0.15) is 6.04 Å². The summed E-state index contributed by atoms with van der Waals surface area (Å²) in [6.07, 6.45) is 34.0. The topological polar surface area (TPSA) is 76.8 Å². The van der Waals surface area contributed by atoms with Gasteiger partial charge in [-0.05, 0) is 121 Å². The molecule has 0 N–H and O–H groups in total. The van der Waals surface area contributed by atoms with Gasteiger partial charge < -0.3 is 0 Å². The van der Waals surface area contributed by atoms with E-state index in [2.05, 4.69) is 54.3 Å². The van der Waals surface area contributed by atoms with Gasteiger partial charge in [0.05, 0.1) is 28.5 Å². The third-order valence-corrected chi connectivity index (χ3v) is 9.42. The second-order valence-electron chi connectivity index (χ2n) is 13.2. The summed E-state index contributed by atoms with van der Waals surface area (Å²) in [5, 5.41) is 0.